The van der Waals surface area contributed by atoms with E-state index in [9.17, 15) is 14.4 Å². The molecule has 0 bridgehead atoms. The topological polar surface area (TPSA) is 77.4 Å². The third-order valence-corrected chi connectivity index (χ3v) is 8.42. The average Bonchev–Trinajstić information content (AvgIpc) is 3.25. The van der Waals surface area contributed by atoms with Crippen molar-refractivity contribution in [3.63, 3.8) is 0 Å². The highest BCUT2D eigenvalue weighted by atomic mass is 32.1. The molecule has 7 heteroatoms. The van der Waals surface area contributed by atoms with Gasteiger partial charge in [0.15, 0.2) is 5.78 Å². The number of ketones is 1. The van der Waals surface area contributed by atoms with Gasteiger partial charge in [-0.05, 0) is 59.7 Å². The third kappa shape index (κ3) is 7.15. The van der Waals surface area contributed by atoms with E-state index in [1.54, 1.807) is 6.08 Å². The fourth-order valence-electron chi connectivity index (χ4n) is 4.96. The number of hydrogen-bond acceptors (Lipinski definition) is 5. The lowest BCUT2D eigenvalue weighted by atomic mass is 9.88. The molecule has 0 aliphatic heterocycles. The van der Waals surface area contributed by atoms with E-state index in [0.717, 1.165) is 41.7 Å². The van der Waals surface area contributed by atoms with E-state index in [0.29, 0.717) is 15.8 Å². The predicted molar refractivity (Wildman–Crippen MR) is 168 cm³/mol. The van der Waals surface area contributed by atoms with Crippen molar-refractivity contribution < 1.29 is 14.3 Å². The summed E-state index contributed by atoms with van der Waals surface area (Å²) < 4.78 is 8.22. The van der Waals surface area contributed by atoms with E-state index in [1.807, 2.05) is 87.5 Å². The summed E-state index contributed by atoms with van der Waals surface area (Å²) in [6.07, 6.45) is 6.13. The third-order valence-electron chi connectivity index (χ3n) is 7.36. The number of Topliss-reactive ketones (excluding diaryl/α,β-unsaturated/α-hetero) is 1. The number of carbonyl (C=O) groups excluding carboxylic acids is 2. The summed E-state index contributed by atoms with van der Waals surface area (Å²) in [4.78, 5) is 39.8. The van der Waals surface area contributed by atoms with Crippen molar-refractivity contribution in [2.75, 3.05) is 0 Å². The van der Waals surface area contributed by atoms with E-state index < -0.39 is 5.41 Å². The van der Waals surface area contributed by atoms with Crippen molar-refractivity contribution in [2.45, 2.75) is 59.2 Å². The van der Waals surface area contributed by atoms with Crippen LogP contribution in [0.4, 0.5) is 0 Å². The largest absolute Gasteiger partial charge is 0.489 e. The van der Waals surface area contributed by atoms with Gasteiger partial charge in [-0.1, -0.05) is 87.5 Å². The maximum atomic E-state index is 13.6. The van der Waals surface area contributed by atoms with Gasteiger partial charge in [0.1, 0.15) is 23.6 Å². The summed E-state index contributed by atoms with van der Waals surface area (Å²) in [5, 5.41) is 3.13. The van der Waals surface area contributed by atoms with Crippen molar-refractivity contribution in [3.8, 4) is 5.75 Å². The molecular weight excluding hydrogens is 544 g/mol. The van der Waals surface area contributed by atoms with E-state index in [4.69, 9.17) is 4.74 Å². The van der Waals surface area contributed by atoms with Crippen LogP contribution in [0.15, 0.2) is 83.7 Å². The zero-order valence-electron chi connectivity index (χ0n) is 24.3. The molecule has 1 aliphatic rings. The molecule has 0 saturated heterocycles. The maximum Gasteiger partial charge on any atom is 0.269 e. The fourth-order valence-corrected chi connectivity index (χ4v) is 6.00. The van der Waals surface area contributed by atoms with Crippen LogP contribution in [0.25, 0.3) is 12.2 Å². The van der Waals surface area contributed by atoms with Gasteiger partial charge in [-0.3, -0.25) is 19.0 Å². The minimum Gasteiger partial charge on any atom is -0.489 e. The number of nitrogens with one attached hydrogen (secondary N) is 1. The van der Waals surface area contributed by atoms with Crippen molar-refractivity contribution in [1.82, 2.24) is 9.88 Å². The lowest BCUT2D eigenvalue weighted by Crippen LogP contribution is -2.40. The quantitative estimate of drug-likeness (QED) is 0.322. The lowest BCUT2D eigenvalue weighted by Gasteiger charge is -2.26. The van der Waals surface area contributed by atoms with Crippen LogP contribution in [0.2, 0.25) is 0 Å². The van der Waals surface area contributed by atoms with Crippen LogP contribution in [0.5, 0.6) is 5.75 Å². The first-order valence-corrected chi connectivity index (χ1v) is 15.1. The number of carbonyl (C=O) groups is 2. The Morgan fingerprint density at radius 3 is 2.45 bits per heavy atom. The van der Waals surface area contributed by atoms with E-state index in [2.05, 4.69) is 17.4 Å². The summed E-state index contributed by atoms with van der Waals surface area (Å²) >= 11 is 1.22. The van der Waals surface area contributed by atoms with Gasteiger partial charge in [0.05, 0.1) is 10.6 Å². The Hall–Kier alpha value is -4.23. The Balaban J connectivity index is 1.40. The molecular formula is C35H36N2O4S. The van der Waals surface area contributed by atoms with E-state index in [1.165, 1.54) is 27.5 Å². The monoisotopic (exact) mass is 580 g/mol. The molecule has 216 valence electrons. The Morgan fingerprint density at radius 1 is 1.00 bits per heavy atom. The van der Waals surface area contributed by atoms with Crippen LogP contribution in [-0.2, 0) is 29.2 Å². The first-order chi connectivity index (χ1) is 20.2. The molecule has 1 N–H and O–H groups in total. The van der Waals surface area contributed by atoms with Crippen LogP contribution in [0.3, 0.4) is 0 Å². The average molecular weight is 581 g/mol. The second-order valence-corrected chi connectivity index (χ2v) is 12.7. The molecule has 0 unspecified atom stereocenters. The van der Waals surface area contributed by atoms with Crippen LogP contribution in [-0.4, -0.2) is 16.3 Å². The Bertz CT molecular complexity index is 1750. The molecule has 0 saturated carbocycles. The smallest absolute Gasteiger partial charge is 0.269 e. The minimum absolute atomic E-state index is 0.0888. The first-order valence-electron chi connectivity index (χ1n) is 14.3. The van der Waals surface area contributed by atoms with E-state index in [-0.39, 0.29) is 29.8 Å². The maximum absolute atomic E-state index is 13.6. The molecule has 0 fully saturated rings. The molecule has 5 rings (SSSR count). The van der Waals surface area contributed by atoms with Gasteiger partial charge in [-0.25, -0.2) is 0 Å². The molecule has 3 aromatic carbocycles. The Morgan fingerprint density at radius 2 is 1.71 bits per heavy atom. The van der Waals surface area contributed by atoms with Crippen molar-refractivity contribution in [3.05, 3.63) is 121 Å². The van der Waals surface area contributed by atoms with Gasteiger partial charge >= 0.3 is 0 Å². The summed E-state index contributed by atoms with van der Waals surface area (Å²) in [5.74, 6) is 0.372. The highest BCUT2D eigenvalue weighted by molar-refractivity contribution is 7.07. The number of ether oxygens (including phenoxy) is 1. The number of aromatic nitrogens is 1. The summed E-state index contributed by atoms with van der Waals surface area (Å²) in [7, 11) is 0. The van der Waals surface area contributed by atoms with Crippen LogP contribution >= 0.6 is 11.3 Å². The van der Waals surface area contributed by atoms with Gasteiger partial charge in [0, 0.05) is 11.5 Å². The van der Waals surface area contributed by atoms with Crippen LogP contribution in [0.1, 0.15) is 61.9 Å². The number of nitrogens with zero attached hydrogens (tertiary/aromatic N) is 1. The molecule has 0 spiro atoms. The molecule has 42 heavy (non-hydrogen) atoms. The molecule has 0 radical (unpaired) electrons. The number of thiazole rings is 1. The second-order valence-electron chi connectivity index (χ2n) is 11.7. The van der Waals surface area contributed by atoms with Crippen molar-refractivity contribution >= 4 is 35.2 Å². The number of benzene rings is 3. The molecule has 1 aliphatic carbocycles. The van der Waals surface area contributed by atoms with Gasteiger partial charge in [0.2, 0.25) is 5.91 Å². The number of fused-ring (bicyclic) bond motifs is 1. The lowest BCUT2D eigenvalue weighted by molar-refractivity contribution is -0.123. The second kappa shape index (κ2) is 12.7. The Labute approximate surface area is 250 Å². The zero-order chi connectivity index (χ0) is 29.7. The van der Waals surface area contributed by atoms with Crippen LogP contribution in [0, 0.1) is 5.41 Å². The van der Waals surface area contributed by atoms with Gasteiger partial charge in [-0.15, -0.1) is 11.3 Å². The molecule has 6 nitrogen and oxygen atoms in total. The highest BCUT2D eigenvalue weighted by Crippen LogP contribution is 2.29. The SMILES string of the molecule is CC(C)(C)C(=O)/C=c1\s/c(=C/c2ccc(OCc3ccccc3)cc2)c(=O)n1CC(=O)N[C@@H]1CCCc2ccccc21. The normalized spacial score (nSPS) is 15.7. The number of rotatable bonds is 8. The standard InChI is InChI=1S/C35H36N2O4S/c1-35(2,3)31(38)21-33-37(22-32(39)36-29-15-9-13-26-12-7-8-14-28(26)29)34(40)30(42-33)20-24-16-18-27(19-17-24)41-23-25-10-5-4-6-11-25/h4-8,10-12,14,16-21,29H,9,13,15,22-23H2,1-3H3,(H,36,39)/b30-20+,33-21-/t29-/m1/s1. The van der Waals surface area contributed by atoms with Crippen LogP contribution < -0.4 is 24.8 Å². The highest BCUT2D eigenvalue weighted by Gasteiger charge is 2.23. The predicted octanol–water partition coefficient (Wildman–Crippen LogP) is 4.91. The van der Waals surface area contributed by atoms with E-state index >= 15 is 0 Å². The fraction of sp³-hybridized carbons (Fsp3) is 0.286. The first kappa shape index (κ1) is 29.3. The molecule has 1 heterocycles. The summed E-state index contributed by atoms with van der Waals surface area (Å²) in [5.41, 5.74) is 3.38. The molecule has 1 aromatic heterocycles. The number of amides is 1. The summed E-state index contributed by atoms with van der Waals surface area (Å²) in [6, 6.07) is 25.5. The van der Waals surface area contributed by atoms with Gasteiger partial charge in [-0.2, -0.15) is 0 Å². The number of hydrogen-bond donors (Lipinski definition) is 1. The molecule has 4 aromatic rings. The minimum atomic E-state index is -0.613. The van der Waals surface area contributed by atoms with Crippen molar-refractivity contribution in [2.24, 2.45) is 5.41 Å². The molecule has 1 amide bonds. The van der Waals surface area contributed by atoms with Gasteiger partial charge < -0.3 is 10.1 Å². The van der Waals surface area contributed by atoms with Crippen molar-refractivity contribution in [1.29, 1.82) is 0 Å². The Kier molecular flexibility index (Phi) is 8.88. The summed E-state index contributed by atoms with van der Waals surface area (Å²) in [6.45, 7) is 5.82. The molecule has 1 atom stereocenters. The zero-order valence-corrected chi connectivity index (χ0v) is 25.1. The number of aryl methyl sites for hydroxylation is 1. The van der Waals surface area contributed by atoms with Gasteiger partial charge in [0.25, 0.3) is 5.56 Å².